The molecule has 1 aromatic heterocycles. The van der Waals surface area contributed by atoms with Gasteiger partial charge >= 0.3 is 5.97 Å². The molecule has 0 radical (unpaired) electrons. The first kappa shape index (κ1) is 24.7. The predicted octanol–water partition coefficient (Wildman–Crippen LogP) is 3.64. The second-order valence-electron chi connectivity index (χ2n) is 7.39. The molecule has 0 bridgehead atoms. The fraction of sp³-hybridized carbons (Fsp3) is 0.417. The number of aryl methyl sites for hydroxylation is 2. The highest BCUT2D eigenvalue weighted by Crippen LogP contribution is 2.23. The van der Waals surface area contributed by atoms with Gasteiger partial charge in [-0.15, -0.1) is 0 Å². The molecule has 0 aliphatic rings. The fourth-order valence-corrected chi connectivity index (χ4v) is 5.17. The minimum Gasteiger partial charge on any atom is -0.490 e. The highest BCUT2D eigenvalue weighted by Gasteiger charge is 2.23. The van der Waals surface area contributed by atoms with Crippen molar-refractivity contribution in [2.24, 2.45) is 0 Å². The average Bonchev–Trinajstić information content (AvgIpc) is 3.18. The third-order valence-corrected chi connectivity index (χ3v) is 7.42. The lowest BCUT2D eigenvalue weighted by molar-refractivity contribution is -0.144. The van der Waals surface area contributed by atoms with E-state index in [1.807, 2.05) is 55.7 Å². The molecule has 8 nitrogen and oxygen atoms in total. The number of hydrogen-bond acceptors (Lipinski definition) is 6. The summed E-state index contributed by atoms with van der Waals surface area (Å²) < 4.78 is 39.9. The Bertz CT molecular complexity index is 1170. The topological polar surface area (TPSA) is 90.7 Å². The molecule has 0 unspecified atom stereocenters. The van der Waals surface area contributed by atoms with Gasteiger partial charge in [0.2, 0.25) is 10.0 Å². The van der Waals surface area contributed by atoms with Gasteiger partial charge in [-0.25, -0.2) is 13.4 Å². The maximum Gasteiger partial charge on any atom is 0.306 e. The number of para-hydroxylation sites is 1. The number of ether oxygens (including phenoxy) is 2. The molecule has 33 heavy (non-hydrogen) atoms. The number of aromatic nitrogens is 2. The van der Waals surface area contributed by atoms with Crippen LogP contribution in [-0.4, -0.2) is 54.5 Å². The van der Waals surface area contributed by atoms with E-state index >= 15 is 0 Å². The number of benzene rings is 2. The first-order chi connectivity index (χ1) is 15.9. The Morgan fingerprint density at radius 2 is 1.76 bits per heavy atom. The van der Waals surface area contributed by atoms with Crippen LogP contribution in [0.15, 0.2) is 53.4 Å². The number of esters is 1. The van der Waals surface area contributed by atoms with E-state index in [2.05, 4.69) is 4.98 Å². The molecule has 0 fully saturated rings. The SMILES string of the molecule is CCN(CC)S(=O)(=O)c1ccc2c(c1)nc(CCC(=O)OCCOc1ccccc1)n2CC. The Balaban J connectivity index is 1.63. The lowest BCUT2D eigenvalue weighted by Crippen LogP contribution is -2.30. The number of sulfonamides is 1. The molecule has 0 aliphatic heterocycles. The van der Waals surface area contributed by atoms with Gasteiger partial charge in [0.25, 0.3) is 0 Å². The largest absolute Gasteiger partial charge is 0.490 e. The van der Waals surface area contributed by atoms with Crippen LogP contribution in [0.1, 0.15) is 33.0 Å². The van der Waals surface area contributed by atoms with Crippen LogP contribution in [0, 0.1) is 0 Å². The van der Waals surface area contributed by atoms with E-state index in [0.717, 1.165) is 17.1 Å². The summed E-state index contributed by atoms with van der Waals surface area (Å²) in [6.45, 7) is 7.55. The third-order valence-electron chi connectivity index (χ3n) is 5.37. The highest BCUT2D eigenvalue weighted by molar-refractivity contribution is 7.89. The van der Waals surface area contributed by atoms with E-state index in [1.165, 1.54) is 4.31 Å². The Labute approximate surface area is 195 Å². The van der Waals surface area contributed by atoms with Gasteiger partial charge in [-0.1, -0.05) is 32.0 Å². The average molecular weight is 474 g/mol. The van der Waals surface area contributed by atoms with Crippen molar-refractivity contribution in [1.82, 2.24) is 13.9 Å². The number of carbonyl (C=O) groups excluding carboxylic acids is 1. The zero-order valence-electron chi connectivity index (χ0n) is 19.4. The van der Waals surface area contributed by atoms with Crippen LogP contribution >= 0.6 is 0 Å². The van der Waals surface area contributed by atoms with Gasteiger partial charge in [0.1, 0.15) is 24.8 Å². The van der Waals surface area contributed by atoms with Crippen LogP contribution in [0.4, 0.5) is 0 Å². The van der Waals surface area contributed by atoms with Gasteiger partial charge in [-0.2, -0.15) is 4.31 Å². The monoisotopic (exact) mass is 473 g/mol. The molecule has 1 heterocycles. The second-order valence-corrected chi connectivity index (χ2v) is 9.33. The van der Waals surface area contributed by atoms with Crippen molar-refractivity contribution in [3.05, 3.63) is 54.4 Å². The van der Waals surface area contributed by atoms with Crippen molar-refractivity contribution in [3.63, 3.8) is 0 Å². The van der Waals surface area contributed by atoms with Gasteiger partial charge < -0.3 is 14.0 Å². The third kappa shape index (κ3) is 5.91. The molecule has 2 aromatic carbocycles. The molecule has 9 heteroatoms. The van der Waals surface area contributed by atoms with Gasteiger partial charge in [0.15, 0.2) is 0 Å². The molecule has 0 N–H and O–H groups in total. The summed E-state index contributed by atoms with van der Waals surface area (Å²) in [7, 11) is -3.56. The minimum absolute atomic E-state index is 0.171. The number of rotatable bonds is 12. The lowest BCUT2D eigenvalue weighted by atomic mass is 10.3. The van der Waals surface area contributed by atoms with Gasteiger partial charge in [-0.05, 0) is 37.3 Å². The van der Waals surface area contributed by atoms with Gasteiger partial charge in [0, 0.05) is 26.1 Å². The zero-order chi connectivity index (χ0) is 23.8. The summed E-state index contributed by atoms with van der Waals surface area (Å²) in [5.74, 6) is 1.13. The van der Waals surface area contributed by atoms with Crippen LogP contribution in [0.2, 0.25) is 0 Å². The molecule has 178 valence electrons. The standard InChI is InChI=1S/C24H31N3O5S/c1-4-26(5-2)33(29,30)20-12-13-22-21(18-20)25-23(27(22)6-3)14-15-24(28)32-17-16-31-19-10-8-7-9-11-19/h7-13,18H,4-6,14-17H2,1-3H3. The summed E-state index contributed by atoms with van der Waals surface area (Å²) >= 11 is 0. The van der Waals surface area contributed by atoms with Crippen molar-refractivity contribution in [3.8, 4) is 5.75 Å². The first-order valence-corrected chi connectivity index (χ1v) is 12.7. The molecule has 0 aliphatic carbocycles. The summed E-state index contributed by atoms with van der Waals surface area (Å²) in [6, 6.07) is 14.4. The van der Waals surface area contributed by atoms with Crippen molar-refractivity contribution in [2.75, 3.05) is 26.3 Å². The Kier molecular flexibility index (Phi) is 8.46. The fourth-order valence-electron chi connectivity index (χ4n) is 3.69. The number of imidazole rings is 1. The van der Waals surface area contributed by atoms with E-state index in [4.69, 9.17) is 9.47 Å². The van der Waals surface area contributed by atoms with Crippen molar-refractivity contribution >= 4 is 27.0 Å². The summed E-state index contributed by atoms with van der Waals surface area (Å²) in [6.07, 6.45) is 0.582. The van der Waals surface area contributed by atoms with E-state index in [0.29, 0.717) is 31.6 Å². The molecule has 3 aromatic rings. The first-order valence-electron chi connectivity index (χ1n) is 11.2. The normalized spacial score (nSPS) is 11.8. The predicted molar refractivity (Wildman–Crippen MR) is 127 cm³/mol. The molecule has 0 atom stereocenters. The van der Waals surface area contributed by atoms with Crippen molar-refractivity contribution in [2.45, 2.75) is 45.1 Å². The summed E-state index contributed by atoms with van der Waals surface area (Å²) in [4.78, 5) is 17.0. The zero-order valence-corrected chi connectivity index (χ0v) is 20.2. The van der Waals surface area contributed by atoms with Gasteiger partial charge in [0.05, 0.1) is 22.3 Å². The maximum absolute atomic E-state index is 12.9. The number of hydrogen-bond donors (Lipinski definition) is 0. The number of carbonyl (C=O) groups is 1. The van der Waals surface area contributed by atoms with Crippen LogP contribution < -0.4 is 4.74 Å². The molecule has 0 saturated carbocycles. The molecular formula is C24H31N3O5S. The smallest absolute Gasteiger partial charge is 0.306 e. The Morgan fingerprint density at radius 1 is 1.03 bits per heavy atom. The Hall–Kier alpha value is -2.91. The van der Waals surface area contributed by atoms with Crippen LogP contribution in [-0.2, 0) is 32.5 Å². The Morgan fingerprint density at radius 3 is 2.42 bits per heavy atom. The van der Waals surface area contributed by atoms with Crippen LogP contribution in [0.3, 0.4) is 0 Å². The quantitative estimate of drug-likeness (QED) is 0.295. The van der Waals surface area contributed by atoms with E-state index in [9.17, 15) is 13.2 Å². The van der Waals surface area contributed by atoms with E-state index in [1.54, 1.807) is 18.2 Å². The molecule has 0 spiro atoms. The van der Waals surface area contributed by atoms with Crippen molar-refractivity contribution < 1.29 is 22.7 Å². The highest BCUT2D eigenvalue weighted by atomic mass is 32.2. The van der Waals surface area contributed by atoms with E-state index in [-0.39, 0.29) is 30.5 Å². The minimum atomic E-state index is -3.56. The van der Waals surface area contributed by atoms with E-state index < -0.39 is 10.0 Å². The number of nitrogens with zero attached hydrogens (tertiary/aromatic N) is 3. The summed E-state index contributed by atoms with van der Waals surface area (Å²) in [5, 5.41) is 0. The maximum atomic E-state index is 12.9. The second kappa shape index (κ2) is 11.3. The molecule has 3 rings (SSSR count). The van der Waals surface area contributed by atoms with Crippen molar-refractivity contribution in [1.29, 1.82) is 0 Å². The van der Waals surface area contributed by atoms with Crippen LogP contribution in [0.25, 0.3) is 11.0 Å². The molecule has 0 amide bonds. The lowest BCUT2D eigenvalue weighted by Gasteiger charge is -2.18. The molecular weight excluding hydrogens is 442 g/mol. The molecule has 0 saturated heterocycles. The number of fused-ring (bicyclic) bond motifs is 1. The summed E-state index contributed by atoms with van der Waals surface area (Å²) in [5.41, 5.74) is 1.44. The van der Waals surface area contributed by atoms with Crippen LogP contribution in [0.5, 0.6) is 5.75 Å². The van der Waals surface area contributed by atoms with Gasteiger partial charge in [-0.3, -0.25) is 4.79 Å².